The van der Waals surface area contributed by atoms with Gasteiger partial charge >= 0.3 is 0 Å². The minimum atomic E-state index is -0.134. The lowest BCUT2D eigenvalue weighted by Crippen LogP contribution is -2.27. The molecule has 2 nitrogen and oxygen atoms in total. The molecule has 0 aliphatic rings. The van der Waals surface area contributed by atoms with Crippen molar-refractivity contribution in [3.05, 3.63) is 29.6 Å². The zero-order valence-corrected chi connectivity index (χ0v) is 12.8. The van der Waals surface area contributed by atoms with Crippen molar-refractivity contribution >= 4 is 5.69 Å². The lowest BCUT2D eigenvalue weighted by Gasteiger charge is -2.27. The van der Waals surface area contributed by atoms with E-state index in [1.165, 1.54) is 0 Å². The molecule has 1 unspecified atom stereocenters. The standard InChI is InChI=1S/C16H27FN2/c1-6-10-18-13(4)14-8-7-9-15(17)16(14)19(5)11-12(2)3/h7-9,12-13,18H,6,10-11H2,1-5H3. The van der Waals surface area contributed by atoms with E-state index in [0.717, 1.165) is 30.8 Å². The SMILES string of the molecule is CCCNC(C)c1cccc(F)c1N(C)CC(C)C. The number of anilines is 1. The van der Waals surface area contributed by atoms with Gasteiger partial charge in [0.1, 0.15) is 5.82 Å². The number of para-hydroxylation sites is 1. The van der Waals surface area contributed by atoms with Crippen LogP contribution in [0.25, 0.3) is 0 Å². The first-order valence-corrected chi connectivity index (χ1v) is 7.20. The summed E-state index contributed by atoms with van der Waals surface area (Å²) in [6.07, 6.45) is 1.08. The van der Waals surface area contributed by atoms with Crippen LogP contribution >= 0.6 is 0 Å². The summed E-state index contributed by atoms with van der Waals surface area (Å²) in [5.74, 6) is 0.377. The molecule has 0 heterocycles. The molecule has 0 spiro atoms. The number of nitrogens with one attached hydrogen (secondary N) is 1. The Morgan fingerprint density at radius 3 is 2.53 bits per heavy atom. The van der Waals surface area contributed by atoms with Gasteiger partial charge in [-0.05, 0) is 37.4 Å². The molecule has 0 aliphatic heterocycles. The average molecular weight is 266 g/mol. The van der Waals surface area contributed by atoms with E-state index in [2.05, 4.69) is 33.0 Å². The van der Waals surface area contributed by atoms with Crippen LogP contribution in [-0.4, -0.2) is 20.1 Å². The van der Waals surface area contributed by atoms with Crippen molar-refractivity contribution in [2.24, 2.45) is 5.92 Å². The van der Waals surface area contributed by atoms with Crippen LogP contribution in [0.1, 0.15) is 45.7 Å². The average Bonchev–Trinajstić information content (AvgIpc) is 2.34. The fourth-order valence-electron chi connectivity index (χ4n) is 2.39. The summed E-state index contributed by atoms with van der Waals surface area (Å²) in [7, 11) is 1.97. The number of benzene rings is 1. The summed E-state index contributed by atoms with van der Waals surface area (Å²) in [5, 5.41) is 3.43. The Balaban J connectivity index is 3.00. The number of halogens is 1. The van der Waals surface area contributed by atoms with Crippen molar-refractivity contribution in [3.8, 4) is 0 Å². The Bertz CT molecular complexity index is 390. The van der Waals surface area contributed by atoms with Crippen molar-refractivity contribution in [2.45, 2.75) is 40.2 Å². The lowest BCUT2D eigenvalue weighted by molar-refractivity contribution is 0.554. The first-order valence-electron chi connectivity index (χ1n) is 7.20. The number of rotatable bonds is 7. The van der Waals surface area contributed by atoms with Gasteiger partial charge in [0.15, 0.2) is 0 Å². The van der Waals surface area contributed by atoms with Crippen molar-refractivity contribution in [1.82, 2.24) is 5.32 Å². The van der Waals surface area contributed by atoms with Gasteiger partial charge in [0.25, 0.3) is 0 Å². The number of nitrogens with zero attached hydrogens (tertiary/aromatic N) is 1. The normalized spacial score (nSPS) is 12.8. The minimum Gasteiger partial charge on any atom is -0.372 e. The molecule has 0 fully saturated rings. The van der Waals surface area contributed by atoms with Gasteiger partial charge in [-0.25, -0.2) is 4.39 Å². The highest BCUT2D eigenvalue weighted by molar-refractivity contribution is 5.55. The largest absolute Gasteiger partial charge is 0.372 e. The fraction of sp³-hybridized carbons (Fsp3) is 0.625. The summed E-state index contributed by atoms with van der Waals surface area (Å²) in [6, 6.07) is 5.52. The predicted molar refractivity (Wildman–Crippen MR) is 81.2 cm³/mol. The Morgan fingerprint density at radius 2 is 1.95 bits per heavy atom. The van der Waals surface area contributed by atoms with Crippen LogP contribution in [0.3, 0.4) is 0 Å². The first-order chi connectivity index (χ1) is 8.97. The molecule has 0 saturated carbocycles. The van der Waals surface area contributed by atoms with Crippen molar-refractivity contribution in [2.75, 3.05) is 25.0 Å². The minimum absolute atomic E-state index is 0.134. The second kappa shape index (κ2) is 7.49. The molecule has 0 aliphatic carbocycles. The van der Waals surface area contributed by atoms with Gasteiger partial charge < -0.3 is 10.2 Å². The smallest absolute Gasteiger partial charge is 0.146 e. The molecule has 1 rings (SSSR count). The van der Waals surface area contributed by atoms with E-state index in [4.69, 9.17) is 0 Å². The van der Waals surface area contributed by atoms with E-state index in [-0.39, 0.29) is 11.9 Å². The van der Waals surface area contributed by atoms with Crippen molar-refractivity contribution in [3.63, 3.8) is 0 Å². The molecule has 0 saturated heterocycles. The van der Waals surface area contributed by atoms with Gasteiger partial charge in [-0.1, -0.05) is 32.9 Å². The summed E-state index contributed by atoms with van der Waals surface area (Å²) in [6.45, 7) is 10.3. The highest BCUT2D eigenvalue weighted by atomic mass is 19.1. The summed E-state index contributed by atoms with van der Waals surface area (Å²) in [4.78, 5) is 2.03. The molecule has 108 valence electrons. The van der Waals surface area contributed by atoms with Gasteiger partial charge in [0, 0.05) is 19.6 Å². The highest BCUT2D eigenvalue weighted by Gasteiger charge is 2.17. The predicted octanol–water partition coefficient (Wildman–Crippen LogP) is 3.98. The Kier molecular flexibility index (Phi) is 6.29. The molecular weight excluding hydrogens is 239 g/mol. The maximum Gasteiger partial charge on any atom is 0.146 e. The zero-order valence-electron chi connectivity index (χ0n) is 12.8. The second-order valence-corrected chi connectivity index (χ2v) is 5.63. The number of hydrogen-bond acceptors (Lipinski definition) is 2. The molecule has 0 amide bonds. The molecule has 0 bridgehead atoms. The molecular formula is C16H27FN2. The van der Waals surface area contributed by atoms with E-state index >= 15 is 0 Å². The van der Waals surface area contributed by atoms with Crippen LogP contribution in [0.2, 0.25) is 0 Å². The van der Waals surface area contributed by atoms with Gasteiger partial charge in [0.05, 0.1) is 5.69 Å². The monoisotopic (exact) mass is 266 g/mol. The maximum absolute atomic E-state index is 14.2. The fourth-order valence-corrected chi connectivity index (χ4v) is 2.39. The Hall–Kier alpha value is -1.09. The van der Waals surface area contributed by atoms with Crippen LogP contribution in [0.5, 0.6) is 0 Å². The summed E-state index contributed by atoms with van der Waals surface area (Å²) < 4.78 is 14.2. The van der Waals surface area contributed by atoms with E-state index in [9.17, 15) is 4.39 Å². The van der Waals surface area contributed by atoms with E-state index in [0.29, 0.717) is 5.92 Å². The van der Waals surface area contributed by atoms with E-state index < -0.39 is 0 Å². The van der Waals surface area contributed by atoms with Gasteiger partial charge in [-0.3, -0.25) is 0 Å². The Labute approximate surface area is 117 Å². The van der Waals surface area contributed by atoms with E-state index in [1.54, 1.807) is 12.1 Å². The van der Waals surface area contributed by atoms with Gasteiger partial charge in [-0.15, -0.1) is 0 Å². The third-order valence-electron chi connectivity index (χ3n) is 3.21. The molecule has 19 heavy (non-hydrogen) atoms. The molecule has 3 heteroatoms. The first kappa shape index (κ1) is 16.0. The molecule has 0 radical (unpaired) electrons. The third-order valence-corrected chi connectivity index (χ3v) is 3.21. The Morgan fingerprint density at radius 1 is 1.26 bits per heavy atom. The van der Waals surface area contributed by atoms with Gasteiger partial charge in [0.2, 0.25) is 0 Å². The molecule has 0 aromatic heterocycles. The third kappa shape index (κ3) is 4.50. The van der Waals surface area contributed by atoms with Crippen LogP contribution in [0.4, 0.5) is 10.1 Å². The topological polar surface area (TPSA) is 15.3 Å². The molecule has 1 aromatic rings. The summed E-state index contributed by atoms with van der Waals surface area (Å²) >= 11 is 0. The quantitative estimate of drug-likeness (QED) is 0.803. The maximum atomic E-state index is 14.2. The second-order valence-electron chi connectivity index (χ2n) is 5.63. The summed E-state index contributed by atoms with van der Waals surface area (Å²) in [5.41, 5.74) is 1.77. The molecule has 1 N–H and O–H groups in total. The highest BCUT2D eigenvalue weighted by Crippen LogP contribution is 2.29. The molecule has 1 atom stereocenters. The lowest BCUT2D eigenvalue weighted by atomic mass is 10.0. The van der Waals surface area contributed by atoms with Gasteiger partial charge in [-0.2, -0.15) is 0 Å². The van der Waals surface area contributed by atoms with Crippen molar-refractivity contribution in [1.29, 1.82) is 0 Å². The van der Waals surface area contributed by atoms with E-state index in [1.807, 2.05) is 18.0 Å². The van der Waals surface area contributed by atoms with Crippen molar-refractivity contribution < 1.29 is 4.39 Å². The van der Waals surface area contributed by atoms with Crippen LogP contribution in [0, 0.1) is 11.7 Å². The number of hydrogen-bond donors (Lipinski definition) is 1. The molecule has 1 aromatic carbocycles. The van der Waals surface area contributed by atoms with Crippen LogP contribution in [0.15, 0.2) is 18.2 Å². The zero-order chi connectivity index (χ0) is 14.4. The van der Waals surface area contributed by atoms with Crippen LogP contribution < -0.4 is 10.2 Å². The van der Waals surface area contributed by atoms with Crippen LogP contribution in [-0.2, 0) is 0 Å².